The summed E-state index contributed by atoms with van der Waals surface area (Å²) in [6.45, 7) is 12.7. The van der Waals surface area contributed by atoms with Gasteiger partial charge in [-0.1, -0.05) is 55.4 Å². The molecule has 0 bridgehead atoms. The van der Waals surface area contributed by atoms with E-state index in [0.717, 1.165) is 45.9 Å². The quantitative estimate of drug-likeness (QED) is 0.114. The number of β-amino-alcohol motifs (C(OH)–C–C–N with tert-alkyl or cyclic N) is 1. The summed E-state index contributed by atoms with van der Waals surface area (Å²) in [6.07, 6.45) is -0.232. The van der Waals surface area contributed by atoms with Crippen molar-refractivity contribution >= 4 is 45.9 Å². The van der Waals surface area contributed by atoms with Crippen LogP contribution in [0, 0.1) is 12.8 Å². The Balaban J connectivity index is 0.746. The average molecular weight is 887 g/mol. The number of aliphatic hydroxyl groups is 1. The number of carbonyl (C=O) groups excluding carboxylic acids is 3. The second-order valence-electron chi connectivity index (χ2n) is 17.7. The Labute approximate surface area is 375 Å². The number of nitrogens with one attached hydrogen (secondary N) is 2. The van der Waals surface area contributed by atoms with Crippen molar-refractivity contribution in [2.24, 2.45) is 5.92 Å². The highest BCUT2D eigenvalue weighted by Gasteiger charge is 2.44. The Kier molecular flexibility index (Phi) is 12.2. The van der Waals surface area contributed by atoms with E-state index in [9.17, 15) is 24.6 Å². The monoisotopic (exact) mass is 886 g/mol. The van der Waals surface area contributed by atoms with Crippen LogP contribution in [0.3, 0.4) is 0 Å². The van der Waals surface area contributed by atoms with Crippen LogP contribution < -0.4 is 10.2 Å². The number of aryl methyl sites for hydroxylation is 1. The molecule has 3 aliphatic heterocycles. The molecule has 0 saturated carbocycles. The van der Waals surface area contributed by atoms with Crippen LogP contribution in [-0.2, 0) is 14.4 Å². The molecule has 0 aliphatic carbocycles. The fraction of sp³-hybridized carbons (Fsp3) is 0.426. The van der Waals surface area contributed by atoms with E-state index in [1.807, 2.05) is 86.6 Å². The minimum atomic E-state index is -0.822. The molecule has 0 unspecified atom stereocenters. The maximum absolute atomic E-state index is 14.3. The van der Waals surface area contributed by atoms with E-state index in [-0.39, 0.29) is 54.3 Å². The van der Waals surface area contributed by atoms with E-state index in [2.05, 4.69) is 46.5 Å². The van der Waals surface area contributed by atoms with Crippen molar-refractivity contribution < 1.29 is 29.1 Å². The number of hydrogen-bond donors (Lipinski definition) is 4. The smallest absolute Gasteiger partial charge is 0.243 e. The molecule has 17 heteroatoms. The molecular formula is C47H54N10O6S. The summed E-state index contributed by atoms with van der Waals surface area (Å²) in [4.78, 5) is 57.8. The molecular weight excluding hydrogens is 833 g/mol. The number of hydrogen-bond acceptors (Lipinski definition) is 13. The summed E-state index contributed by atoms with van der Waals surface area (Å²) < 4.78 is 5.86. The van der Waals surface area contributed by atoms with Gasteiger partial charge in [0.05, 0.1) is 33.9 Å². The first-order valence-electron chi connectivity index (χ1n) is 22.1. The molecule has 64 heavy (non-hydrogen) atoms. The Morgan fingerprint density at radius 1 is 0.969 bits per heavy atom. The lowest BCUT2D eigenvalue weighted by Gasteiger charge is -2.40. The second kappa shape index (κ2) is 18.1. The summed E-state index contributed by atoms with van der Waals surface area (Å²) in [5.74, 6) is 0.125. The van der Waals surface area contributed by atoms with Crippen LogP contribution in [-0.4, -0.2) is 132 Å². The van der Waals surface area contributed by atoms with Crippen molar-refractivity contribution in [3.05, 3.63) is 95.0 Å². The Morgan fingerprint density at radius 3 is 2.45 bits per heavy atom. The minimum absolute atomic E-state index is 0.0600. The number of aromatic nitrogens is 5. The fourth-order valence-corrected chi connectivity index (χ4v) is 9.99. The fourth-order valence-electron chi connectivity index (χ4n) is 9.18. The summed E-state index contributed by atoms with van der Waals surface area (Å²) in [5.41, 5.74) is 7.74. The van der Waals surface area contributed by atoms with E-state index in [0.29, 0.717) is 67.6 Å². The highest BCUT2D eigenvalue weighted by molar-refractivity contribution is 7.13. The number of aromatic hydroxyl groups is 1. The lowest BCUT2D eigenvalue weighted by molar-refractivity contribution is -0.141. The highest BCUT2D eigenvalue weighted by atomic mass is 32.1. The van der Waals surface area contributed by atoms with Gasteiger partial charge in [-0.15, -0.1) is 21.5 Å². The summed E-state index contributed by atoms with van der Waals surface area (Å²) in [5, 5.41) is 38.0. The molecule has 3 amide bonds. The zero-order valence-electron chi connectivity index (χ0n) is 36.5. The highest BCUT2D eigenvalue weighted by Crippen LogP contribution is 2.35. The molecule has 0 spiro atoms. The van der Waals surface area contributed by atoms with Gasteiger partial charge in [0.1, 0.15) is 17.7 Å². The van der Waals surface area contributed by atoms with E-state index >= 15 is 0 Å². The Hall–Kier alpha value is -6.17. The van der Waals surface area contributed by atoms with Gasteiger partial charge in [0, 0.05) is 93.8 Å². The Morgan fingerprint density at radius 2 is 1.73 bits per heavy atom. The molecule has 4 atom stereocenters. The number of nitrogens with zero attached hydrogens (tertiary/aromatic N) is 8. The largest absolute Gasteiger partial charge is 0.507 e. The normalized spacial score (nSPS) is 19.3. The first-order chi connectivity index (χ1) is 30.9. The van der Waals surface area contributed by atoms with E-state index in [1.165, 1.54) is 4.90 Å². The van der Waals surface area contributed by atoms with Gasteiger partial charge in [-0.2, -0.15) is 0 Å². The summed E-state index contributed by atoms with van der Waals surface area (Å²) in [7, 11) is 0. The van der Waals surface area contributed by atoms with Gasteiger partial charge in [0.25, 0.3) is 0 Å². The Bertz CT molecular complexity index is 2630. The first-order valence-corrected chi connectivity index (χ1v) is 22.9. The third kappa shape index (κ3) is 8.84. The maximum atomic E-state index is 14.3. The van der Waals surface area contributed by atoms with Crippen LogP contribution in [0.15, 0.2) is 76.8 Å². The molecule has 2 aromatic carbocycles. The molecule has 6 aromatic rings. The predicted octanol–water partition coefficient (Wildman–Crippen LogP) is 5.47. The van der Waals surface area contributed by atoms with Crippen LogP contribution in [0.5, 0.6) is 5.75 Å². The topological polar surface area (TPSA) is 197 Å². The zero-order valence-corrected chi connectivity index (χ0v) is 37.3. The lowest BCUT2D eigenvalue weighted by atomic mass is 9.91. The van der Waals surface area contributed by atoms with Crippen molar-refractivity contribution in [3.8, 4) is 27.4 Å². The van der Waals surface area contributed by atoms with Crippen molar-refractivity contribution in [1.82, 2.24) is 45.3 Å². The molecule has 7 heterocycles. The number of thiazole rings is 1. The summed E-state index contributed by atoms with van der Waals surface area (Å²) in [6, 6.07) is 19.8. The average Bonchev–Trinajstić information content (AvgIpc) is 4.10. The first kappa shape index (κ1) is 43.1. The van der Waals surface area contributed by atoms with Gasteiger partial charge in [-0.05, 0) is 55.2 Å². The molecule has 16 nitrogen and oxygen atoms in total. The maximum Gasteiger partial charge on any atom is 0.243 e. The van der Waals surface area contributed by atoms with Gasteiger partial charge < -0.3 is 39.7 Å². The van der Waals surface area contributed by atoms with Crippen LogP contribution in [0.2, 0.25) is 0 Å². The van der Waals surface area contributed by atoms with Crippen molar-refractivity contribution in [2.45, 2.75) is 70.6 Å². The molecule has 3 fully saturated rings. The number of phenols is 1. The number of likely N-dealkylation sites (tertiary alicyclic amines) is 2. The minimum Gasteiger partial charge on any atom is -0.507 e. The number of aliphatic hydroxyl groups excluding tert-OH is 1. The second-order valence-corrected chi connectivity index (χ2v) is 18.5. The molecule has 9 rings (SSSR count). The number of anilines is 1. The van der Waals surface area contributed by atoms with Gasteiger partial charge in [-0.25, -0.2) is 4.98 Å². The molecule has 0 radical (unpaired) electrons. The lowest BCUT2D eigenvalue weighted by Crippen LogP contribution is -2.50. The third-order valence-corrected chi connectivity index (χ3v) is 14.0. The van der Waals surface area contributed by atoms with Crippen molar-refractivity contribution in [2.75, 3.05) is 57.3 Å². The number of rotatable bonds is 13. The van der Waals surface area contributed by atoms with E-state index in [4.69, 9.17) is 4.52 Å². The third-order valence-electron chi connectivity index (χ3n) is 13.0. The van der Waals surface area contributed by atoms with Crippen LogP contribution in [0.1, 0.15) is 74.2 Å². The van der Waals surface area contributed by atoms with E-state index in [1.54, 1.807) is 23.5 Å². The molecule has 3 saturated heterocycles. The number of benzene rings is 2. The molecule has 3 aliphatic rings. The standard InChI is InChI=1S/C47H54N10O6S/c1-27(2)43(47(62)57-25-34(58)21-38(57)46(61)49-28(3)30-9-11-31(12-10-30)44-29(4)48-26-64-44)40-22-41(53-63-40)55-17-15-54(16-18-55)14-13-42(60)56-23-33(24-56)36-19-32-20-37(51-52-45(32)50-36)35-7-5-6-8-39(35)59/h5-12,19-20,22,26-28,33-34,38,43,58-59H,13-18,21,23-25H2,1-4H3,(H,49,61)(H,50,52)/t28-,34+,38-,43+/m0/s1. The number of carbonyl (C=O) groups is 3. The molecule has 4 N–H and O–H groups in total. The number of para-hydroxylation sites is 1. The van der Waals surface area contributed by atoms with E-state index < -0.39 is 18.1 Å². The number of phenolic OH excluding ortho intramolecular Hbond substituents is 1. The van der Waals surface area contributed by atoms with Crippen LogP contribution in [0.25, 0.3) is 32.7 Å². The zero-order chi connectivity index (χ0) is 44.6. The number of amides is 3. The van der Waals surface area contributed by atoms with Crippen LogP contribution in [0.4, 0.5) is 5.82 Å². The summed E-state index contributed by atoms with van der Waals surface area (Å²) >= 11 is 1.59. The molecule has 4 aromatic heterocycles. The molecule has 334 valence electrons. The van der Waals surface area contributed by atoms with Crippen molar-refractivity contribution in [3.63, 3.8) is 0 Å². The number of aromatic amines is 1. The van der Waals surface area contributed by atoms with Crippen LogP contribution >= 0.6 is 11.3 Å². The number of piperazine rings is 1. The van der Waals surface area contributed by atoms with Crippen molar-refractivity contribution in [1.29, 1.82) is 0 Å². The van der Waals surface area contributed by atoms with Gasteiger partial charge >= 0.3 is 0 Å². The van der Waals surface area contributed by atoms with Gasteiger partial charge in [0.2, 0.25) is 17.7 Å². The number of fused-ring (bicyclic) bond motifs is 1. The van der Waals surface area contributed by atoms with Gasteiger partial charge in [-0.3, -0.25) is 19.3 Å². The predicted molar refractivity (Wildman–Crippen MR) is 243 cm³/mol. The number of H-pyrrole nitrogens is 1. The SMILES string of the molecule is Cc1ncsc1-c1ccc([C@H](C)NC(=O)[C@@H]2C[C@@H](O)CN2C(=O)[C@@H](c2cc(N3CCN(CCC(=O)N4CC(c5cc6cc(-c7ccccc7O)nnc6[nH]5)C4)CC3)no2)C(C)C)cc1. The van der Waals surface area contributed by atoms with Gasteiger partial charge in [0.15, 0.2) is 17.2 Å².